The lowest BCUT2D eigenvalue weighted by molar-refractivity contribution is 1.14. The van der Waals surface area contributed by atoms with Crippen molar-refractivity contribution >= 4 is 11.6 Å². The molecule has 0 saturated heterocycles. The molecule has 0 aliphatic rings. The molecule has 12 heavy (non-hydrogen) atoms. The molecule has 0 spiro atoms. The van der Waals surface area contributed by atoms with Gasteiger partial charge in [-0.2, -0.15) is 0 Å². The summed E-state index contributed by atoms with van der Waals surface area (Å²) in [5.74, 6) is 0.655. The Morgan fingerprint density at radius 3 is 2.83 bits per heavy atom. The van der Waals surface area contributed by atoms with Crippen LogP contribution in [0.15, 0.2) is 24.8 Å². The molecule has 0 saturated carbocycles. The molecule has 0 aromatic carbocycles. The van der Waals surface area contributed by atoms with Crippen molar-refractivity contribution in [3.63, 3.8) is 0 Å². The van der Waals surface area contributed by atoms with Crippen molar-refractivity contribution in [2.45, 2.75) is 0 Å². The Morgan fingerprint density at radius 2 is 2.25 bits per heavy atom. The number of aromatic nitrogens is 4. The Balaban J connectivity index is 2.45. The molecule has 2 rings (SSSR count). The van der Waals surface area contributed by atoms with Crippen LogP contribution in [0, 0.1) is 0 Å². The summed E-state index contributed by atoms with van der Waals surface area (Å²) in [6, 6.07) is 1.76. The van der Waals surface area contributed by atoms with Crippen LogP contribution in [0.2, 0.25) is 5.15 Å². The van der Waals surface area contributed by atoms with Crippen LogP contribution in [0.4, 0.5) is 0 Å². The van der Waals surface area contributed by atoms with Crippen LogP contribution in [-0.2, 0) is 0 Å². The molecule has 2 aromatic heterocycles. The summed E-state index contributed by atoms with van der Waals surface area (Å²) in [5, 5.41) is 0.503. The van der Waals surface area contributed by atoms with Gasteiger partial charge >= 0.3 is 0 Å². The number of hydrogen-bond acceptors (Lipinski definition) is 3. The maximum absolute atomic E-state index is 5.65. The maximum atomic E-state index is 5.65. The lowest BCUT2D eigenvalue weighted by Crippen LogP contribution is -1.84. The van der Waals surface area contributed by atoms with Crippen LogP contribution in [0.5, 0.6) is 0 Å². The smallest absolute Gasteiger partial charge is 0.157 e. The lowest BCUT2D eigenvalue weighted by atomic mass is 10.4. The van der Waals surface area contributed by atoms with E-state index in [0.29, 0.717) is 11.0 Å². The van der Waals surface area contributed by atoms with Gasteiger partial charge in [0.1, 0.15) is 17.2 Å². The van der Waals surface area contributed by atoms with E-state index in [2.05, 4.69) is 19.9 Å². The van der Waals surface area contributed by atoms with Gasteiger partial charge in [0, 0.05) is 6.20 Å². The van der Waals surface area contributed by atoms with Crippen molar-refractivity contribution in [3.05, 3.63) is 29.9 Å². The summed E-state index contributed by atoms with van der Waals surface area (Å²) >= 11 is 5.65. The first-order valence-corrected chi connectivity index (χ1v) is 3.71. The number of nitrogens with one attached hydrogen (secondary N) is 1. The van der Waals surface area contributed by atoms with Crippen molar-refractivity contribution in [2.24, 2.45) is 0 Å². The van der Waals surface area contributed by atoms with Crippen LogP contribution in [0.3, 0.4) is 0 Å². The fourth-order valence-electron chi connectivity index (χ4n) is 0.860. The average Bonchev–Trinajstić information content (AvgIpc) is 2.54. The van der Waals surface area contributed by atoms with Crippen molar-refractivity contribution in [1.82, 2.24) is 19.9 Å². The summed E-state index contributed by atoms with van der Waals surface area (Å²) in [4.78, 5) is 14.7. The minimum absolute atomic E-state index is 0.503. The van der Waals surface area contributed by atoms with E-state index in [1.54, 1.807) is 18.5 Å². The van der Waals surface area contributed by atoms with Crippen LogP contribution in [0.1, 0.15) is 0 Å². The van der Waals surface area contributed by atoms with Gasteiger partial charge in [0.2, 0.25) is 0 Å². The van der Waals surface area contributed by atoms with Gasteiger partial charge in [-0.1, -0.05) is 11.6 Å². The monoisotopic (exact) mass is 180 g/mol. The number of hydrogen-bond donors (Lipinski definition) is 1. The van der Waals surface area contributed by atoms with Gasteiger partial charge in [-0.15, -0.1) is 0 Å². The van der Waals surface area contributed by atoms with E-state index in [-0.39, 0.29) is 0 Å². The minimum Gasteiger partial charge on any atom is -0.328 e. The van der Waals surface area contributed by atoms with Gasteiger partial charge in [-0.25, -0.2) is 15.0 Å². The van der Waals surface area contributed by atoms with E-state index in [0.717, 1.165) is 5.69 Å². The van der Waals surface area contributed by atoms with E-state index in [1.165, 1.54) is 6.33 Å². The van der Waals surface area contributed by atoms with Gasteiger partial charge < -0.3 is 4.98 Å². The lowest BCUT2D eigenvalue weighted by Gasteiger charge is -1.91. The highest BCUT2D eigenvalue weighted by Crippen LogP contribution is 2.13. The Labute approximate surface area is 73.7 Å². The zero-order chi connectivity index (χ0) is 8.39. The molecule has 5 heteroatoms. The van der Waals surface area contributed by atoms with Gasteiger partial charge in [0.25, 0.3) is 0 Å². The van der Waals surface area contributed by atoms with E-state index < -0.39 is 0 Å². The number of rotatable bonds is 1. The first-order valence-electron chi connectivity index (χ1n) is 3.33. The van der Waals surface area contributed by atoms with Crippen molar-refractivity contribution in [3.8, 4) is 11.5 Å². The van der Waals surface area contributed by atoms with E-state index >= 15 is 0 Å². The maximum Gasteiger partial charge on any atom is 0.157 e. The first-order chi connectivity index (χ1) is 5.86. The van der Waals surface area contributed by atoms with Gasteiger partial charge in [-0.05, 0) is 6.07 Å². The molecule has 4 nitrogen and oxygen atoms in total. The predicted molar refractivity (Wildman–Crippen MR) is 44.6 cm³/mol. The van der Waals surface area contributed by atoms with E-state index in [4.69, 9.17) is 11.6 Å². The summed E-state index contributed by atoms with van der Waals surface area (Å²) in [6.07, 6.45) is 4.66. The van der Waals surface area contributed by atoms with Crippen LogP contribution >= 0.6 is 11.6 Å². The molecule has 0 amide bonds. The Morgan fingerprint density at radius 1 is 1.33 bits per heavy atom. The molecule has 0 radical (unpaired) electrons. The molecule has 0 unspecified atom stereocenters. The Hall–Kier alpha value is -1.42. The molecule has 0 fully saturated rings. The highest BCUT2D eigenvalue weighted by molar-refractivity contribution is 6.29. The van der Waals surface area contributed by atoms with Crippen molar-refractivity contribution in [2.75, 3.05) is 0 Å². The summed E-state index contributed by atoms with van der Waals surface area (Å²) in [7, 11) is 0. The van der Waals surface area contributed by atoms with Gasteiger partial charge in [0.15, 0.2) is 5.82 Å². The quantitative estimate of drug-likeness (QED) is 0.724. The Bertz CT molecular complexity index is 370. The number of imidazole rings is 1. The van der Waals surface area contributed by atoms with Crippen molar-refractivity contribution < 1.29 is 0 Å². The van der Waals surface area contributed by atoms with E-state index in [1.807, 2.05) is 0 Å². The number of nitrogens with zero attached hydrogens (tertiary/aromatic N) is 3. The number of H-pyrrole nitrogens is 1. The molecule has 60 valence electrons. The minimum atomic E-state index is 0.503. The highest BCUT2D eigenvalue weighted by Gasteiger charge is 2.01. The third-order valence-corrected chi connectivity index (χ3v) is 1.56. The van der Waals surface area contributed by atoms with Gasteiger partial charge in [-0.3, -0.25) is 0 Å². The first kappa shape index (κ1) is 7.24. The molecule has 2 heterocycles. The van der Waals surface area contributed by atoms with Crippen LogP contribution < -0.4 is 0 Å². The fraction of sp³-hybridized carbons (Fsp3) is 0. The normalized spacial score (nSPS) is 10.1. The van der Waals surface area contributed by atoms with Crippen LogP contribution in [0.25, 0.3) is 11.5 Å². The Kier molecular flexibility index (Phi) is 1.75. The number of halogens is 1. The predicted octanol–water partition coefficient (Wildman–Crippen LogP) is 1.52. The third-order valence-electron chi connectivity index (χ3n) is 1.37. The second-order valence-corrected chi connectivity index (χ2v) is 2.58. The van der Waals surface area contributed by atoms with E-state index in [9.17, 15) is 0 Å². The SMILES string of the molecule is Clc1cnc(-c2ccncn2)[nH]1. The zero-order valence-electron chi connectivity index (χ0n) is 6.03. The second kappa shape index (κ2) is 2.91. The van der Waals surface area contributed by atoms with Crippen LogP contribution in [-0.4, -0.2) is 19.9 Å². The topological polar surface area (TPSA) is 54.5 Å². The van der Waals surface area contributed by atoms with Gasteiger partial charge in [0.05, 0.1) is 6.20 Å². The molecule has 0 aliphatic heterocycles. The molecule has 2 aromatic rings. The fourth-order valence-corrected chi connectivity index (χ4v) is 0.998. The standard InChI is InChI=1S/C7H5ClN4/c8-6-3-10-7(12-6)5-1-2-9-4-11-5/h1-4H,(H,10,12). The van der Waals surface area contributed by atoms with Crippen molar-refractivity contribution in [1.29, 1.82) is 0 Å². The molecular weight excluding hydrogens is 176 g/mol. The largest absolute Gasteiger partial charge is 0.328 e. The summed E-state index contributed by atoms with van der Waals surface area (Å²) in [6.45, 7) is 0. The average molecular weight is 181 g/mol. The molecule has 0 bridgehead atoms. The summed E-state index contributed by atoms with van der Waals surface area (Å²) < 4.78 is 0. The zero-order valence-corrected chi connectivity index (χ0v) is 6.78. The molecule has 0 atom stereocenters. The number of aromatic amines is 1. The molecule has 1 N–H and O–H groups in total. The second-order valence-electron chi connectivity index (χ2n) is 2.17. The molecular formula is C7H5ClN4. The third kappa shape index (κ3) is 1.29. The molecule has 0 aliphatic carbocycles. The summed E-state index contributed by atoms with van der Waals surface area (Å²) in [5.41, 5.74) is 0.733. The highest BCUT2D eigenvalue weighted by atomic mass is 35.5.